The van der Waals surface area contributed by atoms with Gasteiger partial charge in [0.05, 0.1) is 29.7 Å². The fourth-order valence-corrected chi connectivity index (χ4v) is 4.95. The van der Waals surface area contributed by atoms with Gasteiger partial charge in [-0.15, -0.1) is 0 Å². The van der Waals surface area contributed by atoms with Gasteiger partial charge in [-0.05, 0) is 38.1 Å². The summed E-state index contributed by atoms with van der Waals surface area (Å²) in [5.41, 5.74) is 2.91. The number of benzene rings is 1. The number of aryl methyl sites for hydroxylation is 1. The molecule has 2 aliphatic rings. The van der Waals surface area contributed by atoms with E-state index in [2.05, 4.69) is 20.2 Å². The Hall–Kier alpha value is -3.37. The van der Waals surface area contributed by atoms with Crippen molar-refractivity contribution in [2.24, 2.45) is 0 Å². The molecule has 0 radical (unpaired) electrons. The van der Waals surface area contributed by atoms with Crippen molar-refractivity contribution in [3.8, 4) is 17.0 Å². The summed E-state index contributed by atoms with van der Waals surface area (Å²) in [6.07, 6.45) is 1.37. The molecule has 0 bridgehead atoms. The van der Waals surface area contributed by atoms with Gasteiger partial charge < -0.3 is 24.7 Å². The number of fused-ring (bicyclic) bond motifs is 1. The van der Waals surface area contributed by atoms with Crippen LogP contribution in [0, 0.1) is 5.82 Å². The van der Waals surface area contributed by atoms with E-state index < -0.39 is 18.7 Å². The molecular formula is C27H29F3N4O3. The number of carbonyl (C=O) groups excluding carboxylic acids is 1. The van der Waals surface area contributed by atoms with Crippen molar-refractivity contribution in [2.75, 3.05) is 38.7 Å². The number of nitrogens with one attached hydrogen (secondary N) is 2. The van der Waals surface area contributed by atoms with Crippen molar-refractivity contribution in [3.05, 3.63) is 59.3 Å². The number of aromatic amines is 1. The molecular weight excluding hydrogens is 485 g/mol. The van der Waals surface area contributed by atoms with Crippen LogP contribution in [-0.4, -0.2) is 66.5 Å². The summed E-state index contributed by atoms with van der Waals surface area (Å²) in [5.74, 6) is -0.304. The minimum absolute atomic E-state index is 0.0618. The van der Waals surface area contributed by atoms with E-state index in [0.717, 1.165) is 24.8 Å². The molecule has 0 spiro atoms. The van der Waals surface area contributed by atoms with Crippen LogP contribution >= 0.6 is 0 Å². The van der Waals surface area contributed by atoms with Gasteiger partial charge in [0.1, 0.15) is 24.3 Å². The Labute approximate surface area is 213 Å². The van der Waals surface area contributed by atoms with Crippen molar-refractivity contribution >= 4 is 17.2 Å². The third-order valence-electron chi connectivity index (χ3n) is 6.74. The summed E-state index contributed by atoms with van der Waals surface area (Å²) in [7, 11) is 2.03. The average Bonchev–Trinajstić information content (AvgIpc) is 3.24. The molecule has 0 unspecified atom stereocenters. The summed E-state index contributed by atoms with van der Waals surface area (Å²) >= 11 is 0. The predicted molar refractivity (Wildman–Crippen MR) is 133 cm³/mol. The van der Waals surface area contributed by atoms with E-state index in [-0.39, 0.29) is 23.1 Å². The van der Waals surface area contributed by atoms with Gasteiger partial charge in [-0.3, -0.25) is 9.78 Å². The molecule has 1 aliphatic carbocycles. The molecule has 2 N–H and O–H groups in total. The van der Waals surface area contributed by atoms with E-state index in [1.54, 1.807) is 18.5 Å². The van der Waals surface area contributed by atoms with Crippen LogP contribution in [0.1, 0.15) is 34.5 Å². The zero-order chi connectivity index (χ0) is 25.9. The quantitative estimate of drug-likeness (QED) is 0.441. The molecule has 0 amide bonds. The first-order valence-electron chi connectivity index (χ1n) is 12.4. The molecule has 0 saturated carbocycles. The fraction of sp³-hybridized carbons (Fsp3) is 0.407. The number of H-pyrrole nitrogens is 1. The number of hydrogen-bond acceptors (Lipinski definition) is 6. The molecule has 10 heteroatoms. The maximum absolute atomic E-state index is 14.6. The van der Waals surface area contributed by atoms with E-state index in [0.29, 0.717) is 60.7 Å². The zero-order valence-corrected chi connectivity index (χ0v) is 20.5. The van der Waals surface area contributed by atoms with Crippen LogP contribution < -0.4 is 10.1 Å². The van der Waals surface area contributed by atoms with Crippen LogP contribution in [0.2, 0.25) is 0 Å². The van der Waals surface area contributed by atoms with E-state index in [1.807, 2.05) is 7.05 Å². The Morgan fingerprint density at radius 1 is 1.30 bits per heavy atom. The Bertz CT molecular complexity index is 1280. The van der Waals surface area contributed by atoms with E-state index in [1.165, 1.54) is 12.1 Å². The molecule has 2 aromatic heterocycles. The number of nitrogens with zero attached hydrogens (tertiary/aromatic N) is 2. The topological polar surface area (TPSA) is 79.5 Å². The second-order valence-corrected chi connectivity index (χ2v) is 9.43. The Kier molecular flexibility index (Phi) is 7.48. The average molecular weight is 515 g/mol. The van der Waals surface area contributed by atoms with E-state index >= 15 is 0 Å². The number of likely N-dealkylation sites (N-methyl/N-ethyl adjacent to an activating group) is 1. The zero-order valence-electron chi connectivity index (χ0n) is 20.5. The normalized spacial score (nSPS) is 18.2. The molecule has 5 rings (SSSR count). The summed E-state index contributed by atoms with van der Waals surface area (Å²) in [5, 5.41) is 3.13. The number of halogens is 3. The minimum Gasteiger partial charge on any atom is -0.488 e. The van der Waals surface area contributed by atoms with Gasteiger partial charge in [-0.1, -0.05) is 6.07 Å². The van der Waals surface area contributed by atoms with Crippen LogP contribution in [0.5, 0.6) is 5.75 Å². The van der Waals surface area contributed by atoms with Crippen molar-refractivity contribution in [3.63, 3.8) is 0 Å². The van der Waals surface area contributed by atoms with Crippen LogP contribution in [0.3, 0.4) is 0 Å². The Morgan fingerprint density at radius 3 is 2.97 bits per heavy atom. The molecule has 1 aromatic carbocycles. The van der Waals surface area contributed by atoms with Gasteiger partial charge in [0, 0.05) is 54.6 Å². The second-order valence-electron chi connectivity index (χ2n) is 9.43. The fourth-order valence-electron chi connectivity index (χ4n) is 4.95. The van der Waals surface area contributed by atoms with E-state index in [9.17, 15) is 18.0 Å². The highest BCUT2D eigenvalue weighted by Crippen LogP contribution is 2.42. The number of ketones is 1. The lowest BCUT2D eigenvalue weighted by atomic mass is 9.94. The molecule has 3 aromatic rings. The highest BCUT2D eigenvalue weighted by atomic mass is 19.3. The smallest absolute Gasteiger partial charge is 0.242 e. The lowest BCUT2D eigenvalue weighted by Gasteiger charge is -2.30. The first kappa shape index (κ1) is 25.3. The number of anilines is 2. The predicted octanol–water partition coefficient (Wildman–Crippen LogP) is 5.00. The first-order valence-corrected chi connectivity index (χ1v) is 12.4. The highest BCUT2D eigenvalue weighted by molar-refractivity contribution is 6.07. The van der Waals surface area contributed by atoms with Crippen LogP contribution in [0.4, 0.5) is 24.5 Å². The van der Waals surface area contributed by atoms with Gasteiger partial charge in [0.25, 0.3) is 0 Å². The lowest BCUT2D eigenvalue weighted by Crippen LogP contribution is -2.42. The van der Waals surface area contributed by atoms with Crippen LogP contribution in [0.25, 0.3) is 11.3 Å². The highest BCUT2D eigenvalue weighted by Gasteiger charge is 2.29. The Morgan fingerprint density at radius 2 is 2.16 bits per heavy atom. The molecule has 37 heavy (non-hydrogen) atoms. The Balaban J connectivity index is 1.54. The molecule has 1 aliphatic heterocycles. The van der Waals surface area contributed by atoms with Gasteiger partial charge in [0.15, 0.2) is 5.78 Å². The van der Waals surface area contributed by atoms with Gasteiger partial charge in [-0.2, -0.15) is 0 Å². The number of morpholine rings is 1. The summed E-state index contributed by atoms with van der Waals surface area (Å²) in [6, 6.07) is 5.91. The number of pyridine rings is 1. The van der Waals surface area contributed by atoms with Crippen molar-refractivity contribution in [1.82, 2.24) is 14.9 Å². The molecule has 1 saturated heterocycles. The SMILES string of the molecule is CN1CCO[C@H](COc2cnccc2-c2[nH]c3c(c2Nc2cccc(F)c2CC(F)F)C(=O)CCC3)C1. The lowest BCUT2D eigenvalue weighted by molar-refractivity contribution is -0.0403. The second kappa shape index (κ2) is 10.9. The molecule has 1 atom stereocenters. The molecule has 7 nitrogen and oxygen atoms in total. The number of carbonyl (C=O) groups is 1. The summed E-state index contributed by atoms with van der Waals surface area (Å²) < 4.78 is 53.0. The van der Waals surface area contributed by atoms with Crippen LogP contribution in [0.15, 0.2) is 36.7 Å². The maximum Gasteiger partial charge on any atom is 0.242 e. The van der Waals surface area contributed by atoms with Crippen molar-refractivity contribution < 1.29 is 27.4 Å². The van der Waals surface area contributed by atoms with E-state index in [4.69, 9.17) is 9.47 Å². The van der Waals surface area contributed by atoms with Crippen molar-refractivity contribution in [1.29, 1.82) is 0 Å². The maximum atomic E-state index is 14.6. The largest absolute Gasteiger partial charge is 0.488 e. The number of alkyl halides is 2. The monoisotopic (exact) mass is 514 g/mol. The van der Waals surface area contributed by atoms with Gasteiger partial charge in [-0.25, -0.2) is 13.2 Å². The first-order chi connectivity index (χ1) is 17.9. The molecule has 3 heterocycles. The summed E-state index contributed by atoms with van der Waals surface area (Å²) in [4.78, 5) is 22.7. The molecule has 196 valence electrons. The van der Waals surface area contributed by atoms with Crippen LogP contribution in [-0.2, 0) is 17.6 Å². The number of rotatable bonds is 8. The van der Waals surface area contributed by atoms with Gasteiger partial charge in [0.2, 0.25) is 6.43 Å². The third-order valence-corrected chi connectivity index (χ3v) is 6.74. The van der Waals surface area contributed by atoms with Crippen molar-refractivity contribution in [2.45, 2.75) is 38.2 Å². The summed E-state index contributed by atoms with van der Waals surface area (Å²) in [6.45, 7) is 2.53. The minimum atomic E-state index is -2.72. The standard InChI is InChI=1S/C27H29F3N4O3/c1-34-10-11-36-16(14-34)15-37-23-13-31-9-8-17(23)26-27(25-21(33-26)6-3-7-22(25)35)32-20-5-2-4-19(28)18(20)12-24(29)30/h2,4-5,8-9,13,16,24,32-33H,3,6-7,10-12,14-15H2,1H3/t16-/m0/s1. The number of Topliss-reactive ketones (excluding diaryl/α,β-unsaturated/α-hetero) is 1. The number of ether oxygens (including phenoxy) is 2. The third kappa shape index (κ3) is 5.50. The molecule has 1 fully saturated rings. The number of hydrogen-bond donors (Lipinski definition) is 2. The number of aromatic nitrogens is 2. The van der Waals surface area contributed by atoms with Gasteiger partial charge >= 0.3 is 0 Å².